The number of nitrogens with one attached hydrogen (secondary N) is 1. The van der Waals surface area contributed by atoms with Gasteiger partial charge in [0.1, 0.15) is 16.0 Å². The van der Waals surface area contributed by atoms with E-state index in [9.17, 15) is 9.59 Å². The number of ether oxygens (including phenoxy) is 2. The van der Waals surface area contributed by atoms with Gasteiger partial charge in [-0.2, -0.15) is 0 Å². The summed E-state index contributed by atoms with van der Waals surface area (Å²) in [6.45, 7) is 0.837. The topological polar surface area (TPSA) is 67.9 Å². The van der Waals surface area contributed by atoms with Crippen molar-refractivity contribution in [2.24, 2.45) is 0 Å². The van der Waals surface area contributed by atoms with Gasteiger partial charge in [0, 0.05) is 18.7 Å². The Kier molecular flexibility index (Phi) is 6.01. The standard InChI is InChI=1S/C20H21BrN2O4/c1-26-16-10-14(11-17(27-2)19(16)21)20(25)23-9-8-22-18(24)12-15(23)13-6-4-3-5-7-13/h3-7,10-11,15H,8-9,12H2,1-2H3,(H,22,24)/t15-/m1/s1. The van der Waals surface area contributed by atoms with Crippen LogP contribution in [0.25, 0.3) is 0 Å². The second kappa shape index (κ2) is 8.43. The lowest BCUT2D eigenvalue weighted by molar-refractivity contribution is -0.121. The molecule has 1 heterocycles. The van der Waals surface area contributed by atoms with Gasteiger partial charge in [-0.05, 0) is 33.6 Å². The number of halogens is 1. The zero-order valence-corrected chi connectivity index (χ0v) is 16.8. The van der Waals surface area contributed by atoms with E-state index in [1.165, 1.54) is 14.2 Å². The van der Waals surface area contributed by atoms with Crippen LogP contribution in [0.2, 0.25) is 0 Å². The van der Waals surface area contributed by atoms with E-state index < -0.39 is 0 Å². The molecule has 27 heavy (non-hydrogen) atoms. The highest BCUT2D eigenvalue weighted by Crippen LogP contribution is 2.37. The van der Waals surface area contributed by atoms with Crippen LogP contribution in [0.4, 0.5) is 0 Å². The molecule has 0 aromatic heterocycles. The number of nitrogens with zero attached hydrogens (tertiary/aromatic N) is 1. The molecule has 0 aliphatic carbocycles. The van der Waals surface area contributed by atoms with E-state index in [-0.39, 0.29) is 24.3 Å². The van der Waals surface area contributed by atoms with Gasteiger partial charge in [0.2, 0.25) is 5.91 Å². The summed E-state index contributed by atoms with van der Waals surface area (Å²) in [4.78, 5) is 27.2. The van der Waals surface area contributed by atoms with Gasteiger partial charge in [-0.1, -0.05) is 30.3 Å². The van der Waals surface area contributed by atoms with Crippen LogP contribution in [0.1, 0.15) is 28.4 Å². The number of hydrogen-bond donors (Lipinski definition) is 1. The SMILES string of the molecule is COc1cc(C(=O)N2CCNC(=O)C[C@@H]2c2ccccc2)cc(OC)c1Br. The van der Waals surface area contributed by atoms with Gasteiger partial charge in [0.05, 0.1) is 26.7 Å². The summed E-state index contributed by atoms with van der Waals surface area (Å²) in [5.41, 5.74) is 1.38. The first kappa shape index (κ1) is 19.2. The van der Waals surface area contributed by atoms with Gasteiger partial charge in [0.25, 0.3) is 5.91 Å². The molecule has 2 aromatic carbocycles. The molecule has 0 bridgehead atoms. The Morgan fingerprint density at radius 1 is 1.15 bits per heavy atom. The minimum Gasteiger partial charge on any atom is -0.495 e. The summed E-state index contributed by atoms with van der Waals surface area (Å²) in [6.07, 6.45) is 0.223. The molecule has 0 unspecified atom stereocenters. The molecule has 1 aliphatic heterocycles. The number of rotatable bonds is 4. The number of carbonyl (C=O) groups excluding carboxylic acids is 2. The smallest absolute Gasteiger partial charge is 0.254 e. The molecule has 1 saturated heterocycles. The fourth-order valence-electron chi connectivity index (χ4n) is 3.20. The number of methoxy groups -OCH3 is 2. The highest BCUT2D eigenvalue weighted by Gasteiger charge is 2.31. The maximum absolute atomic E-state index is 13.4. The Bertz CT molecular complexity index is 816. The molecule has 0 saturated carbocycles. The molecule has 6 nitrogen and oxygen atoms in total. The number of carbonyl (C=O) groups is 2. The maximum Gasteiger partial charge on any atom is 0.254 e. The third-order valence-corrected chi connectivity index (χ3v) is 5.35. The Balaban J connectivity index is 2.01. The van der Waals surface area contributed by atoms with E-state index in [0.29, 0.717) is 34.6 Å². The van der Waals surface area contributed by atoms with Gasteiger partial charge >= 0.3 is 0 Å². The molecule has 0 radical (unpaired) electrons. The third kappa shape index (κ3) is 4.08. The molecule has 0 spiro atoms. The highest BCUT2D eigenvalue weighted by molar-refractivity contribution is 9.10. The zero-order valence-electron chi connectivity index (χ0n) is 15.2. The lowest BCUT2D eigenvalue weighted by Crippen LogP contribution is -2.36. The Morgan fingerprint density at radius 3 is 2.37 bits per heavy atom. The molecule has 1 fully saturated rings. The van der Waals surface area contributed by atoms with Crippen LogP contribution in [-0.4, -0.2) is 44.0 Å². The van der Waals surface area contributed by atoms with Gasteiger partial charge in [-0.25, -0.2) is 0 Å². The summed E-state index contributed by atoms with van der Waals surface area (Å²) in [7, 11) is 3.07. The van der Waals surface area contributed by atoms with Gasteiger partial charge in [-0.15, -0.1) is 0 Å². The quantitative estimate of drug-likeness (QED) is 0.805. The maximum atomic E-state index is 13.4. The van der Waals surface area contributed by atoms with Crippen molar-refractivity contribution in [2.45, 2.75) is 12.5 Å². The fourth-order valence-corrected chi connectivity index (χ4v) is 3.76. The normalized spacial score (nSPS) is 17.1. The van der Waals surface area contributed by atoms with E-state index >= 15 is 0 Å². The monoisotopic (exact) mass is 432 g/mol. The fraction of sp³-hybridized carbons (Fsp3) is 0.300. The molecule has 1 atom stereocenters. The summed E-state index contributed by atoms with van der Waals surface area (Å²) in [5.74, 6) is 0.783. The van der Waals surface area contributed by atoms with Crippen LogP contribution < -0.4 is 14.8 Å². The largest absolute Gasteiger partial charge is 0.495 e. The molecule has 1 aliphatic rings. The number of amides is 2. The first-order chi connectivity index (χ1) is 13.0. The first-order valence-electron chi connectivity index (χ1n) is 8.59. The van der Waals surface area contributed by atoms with Crippen molar-refractivity contribution in [2.75, 3.05) is 27.3 Å². The summed E-state index contributed by atoms with van der Waals surface area (Å²) >= 11 is 3.42. The average Bonchev–Trinajstić information content (AvgIpc) is 2.89. The first-order valence-corrected chi connectivity index (χ1v) is 9.38. The Morgan fingerprint density at radius 2 is 1.78 bits per heavy atom. The molecular weight excluding hydrogens is 412 g/mol. The molecule has 3 rings (SSSR count). The minimum atomic E-state index is -0.332. The van der Waals surface area contributed by atoms with Crippen LogP contribution in [0.3, 0.4) is 0 Å². The molecule has 2 amide bonds. The van der Waals surface area contributed by atoms with Crippen molar-refractivity contribution in [3.05, 3.63) is 58.1 Å². The van der Waals surface area contributed by atoms with E-state index in [0.717, 1.165) is 5.56 Å². The van der Waals surface area contributed by atoms with Crippen molar-refractivity contribution in [1.82, 2.24) is 10.2 Å². The third-order valence-electron chi connectivity index (χ3n) is 4.57. The average molecular weight is 433 g/mol. The van der Waals surface area contributed by atoms with E-state index in [4.69, 9.17) is 9.47 Å². The summed E-state index contributed by atoms with van der Waals surface area (Å²) in [5, 5.41) is 2.85. The lowest BCUT2D eigenvalue weighted by atomic mass is 10.0. The molecule has 142 valence electrons. The second-order valence-corrected chi connectivity index (χ2v) is 6.97. The van der Waals surface area contributed by atoms with E-state index in [1.807, 2.05) is 30.3 Å². The van der Waals surface area contributed by atoms with Crippen LogP contribution in [-0.2, 0) is 4.79 Å². The van der Waals surface area contributed by atoms with Crippen molar-refractivity contribution in [3.63, 3.8) is 0 Å². The minimum absolute atomic E-state index is 0.0647. The molecular formula is C20H21BrN2O4. The highest BCUT2D eigenvalue weighted by atomic mass is 79.9. The van der Waals surface area contributed by atoms with E-state index in [2.05, 4.69) is 21.2 Å². The van der Waals surface area contributed by atoms with Crippen LogP contribution in [0, 0.1) is 0 Å². The Hall–Kier alpha value is -2.54. The van der Waals surface area contributed by atoms with Crippen molar-refractivity contribution >= 4 is 27.7 Å². The molecule has 7 heteroatoms. The Labute approximate surface area is 166 Å². The lowest BCUT2D eigenvalue weighted by Gasteiger charge is -2.30. The number of hydrogen-bond acceptors (Lipinski definition) is 4. The van der Waals surface area contributed by atoms with Crippen LogP contribution >= 0.6 is 15.9 Å². The summed E-state index contributed by atoms with van der Waals surface area (Å²) in [6, 6.07) is 12.6. The summed E-state index contributed by atoms with van der Waals surface area (Å²) < 4.78 is 11.4. The predicted molar refractivity (Wildman–Crippen MR) is 105 cm³/mol. The van der Waals surface area contributed by atoms with Gasteiger partial charge in [0.15, 0.2) is 0 Å². The van der Waals surface area contributed by atoms with Crippen molar-refractivity contribution in [1.29, 1.82) is 0 Å². The zero-order chi connectivity index (χ0) is 19.4. The van der Waals surface area contributed by atoms with Crippen molar-refractivity contribution in [3.8, 4) is 11.5 Å². The van der Waals surface area contributed by atoms with Crippen LogP contribution in [0.5, 0.6) is 11.5 Å². The van der Waals surface area contributed by atoms with Crippen LogP contribution in [0.15, 0.2) is 46.9 Å². The molecule has 1 N–H and O–H groups in total. The number of benzene rings is 2. The van der Waals surface area contributed by atoms with Gasteiger partial charge in [-0.3, -0.25) is 9.59 Å². The second-order valence-electron chi connectivity index (χ2n) is 6.17. The van der Waals surface area contributed by atoms with Crippen molar-refractivity contribution < 1.29 is 19.1 Å². The van der Waals surface area contributed by atoms with Gasteiger partial charge < -0.3 is 19.7 Å². The van der Waals surface area contributed by atoms with E-state index in [1.54, 1.807) is 17.0 Å². The predicted octanol–water partition coefficient (Wildman–Crippen LogP) is 3.17. The molecule has 2 aromatic rings.